The van der Waals surface area contributed by atoms with Gasteiger partial charge in [0.1, 0.15) is 12.0 Å². The Bertz CT molecular complexity index is 707. The molecule has 5 heteroatoms. The van der Waals surface area contributed by atoms with Gasteiger partial charge in [0.05, 0.1) is 11.4 Å². The number of hydrogen-bond acceptors (Lipinski definition) is 5. The number of ether oxygens (including phenoxy) is 1. The van der Waals surface area contributed by atoms with Crippen LogP contribution < -0.4 is 4.74 Å². The van der Waals surface area contributed by atoms with Crippen LogP contribution in [0.4, 0.5) is 11.4 Å². The number of hydrogen-bond donors (Lipinski definition) is 0. The molecule has 0 heterocycles. The molecule has 130 valence electrons. The molecule has 2 aromatic carbocycles. The smallest absolute Gasteiger partial charge is 0.311 e. The predicted octanol–water partition coefficient (Wildman–Crippen LogP) is 5.79. The SMILES string of the molecule is CCCCCCC(=O)Oc1ccc(N=Nc2ccc(C=O)cc2)cc1. The lowest BCUT2D eigenvalue weighted by atomic mass is 10.1. The number of carbonyl (C=O) groups excluding carboxylic acids is 2. The van der Waals surface area contributed by atoms with Gasteiger partial charge in [0, 0.05) is 12.0 Å². The van der Waals surface area contributed by atoms with Crippen LogP contribution in [0.5, 0.6) is 5.75 Å². The molecule has 0 fully saturated rings. The van der Waals surface area contributed by atoms with Gasteiger partial charge in [-0.2, -0.15) is 10.2 Å². The van der Waals surface area contributed by atoms with Crippen LogP contribution in [-0.4, -0.2) is 12.3 Å². The maximum Gasteiger partial charge on any atom is 0.311 e. The molecule has 0 radical (unpaired) electrons. The number of esters is 1. The highest BCUT2D eigenvalue weighted by atomic mass is 16.5. The van der Waals surface area contributed by atoms with Crippen LogP contribution in [0.25, 0.3) is 0 Å². The van der Waals surface area contributed by atoms with Gasteiger partial charge in [-0.25, -0.2) is 0 Å². The van der Waals surface area contributed by atoms with E-state index in [9.17, 15) is 9.59 Å². The molecule has 0 aliphatic rings. The first-order valence-electron chi connectivity index (χ1n) is 8.49. The van der Waals surface area contributed by atoms with Gasteiger partial charge in [0.25, 0.3) is 0 Å². The van der Waals surface area contributed by atoms with E-state index in [1.807, 2.05) is 0 Å². The highest BCUT2D eigenvalue weighted by molar-refractivity contribution is 5.75. The number of unbranched alkanes of at least 4 members (excludes halogenated alkanes) is 3. The van der Waals surface area contributed by atoms with Gasteiger partial charge in [-0.05, 0) is 55.0 Å². The number of benzene rings is 2. The molecule has 0 amide bonds. The largest absolute Gasteiger partial charge is 0.427 e. The fourth-order valence-electron chi connectivity index (χ4n) is 2.19. The number of aldehydes is 1. The summed E-state index contributed by atoms with van der Waals surface area (Å²) in [5.41, 5.74) is 1.91. The van der Waals surface area contributed by atoms with Crippen molar-refractivity contribution in [3.8, 4) is 5.75 Å². The molecule has 2 aromatic rings. The van der Waals surface area contributed by atoms with E-state index in [1.165, 1.54) is 0 Å². The summed E-state index contributed by atoms with van der Waals surface area (Å²) < 4.78 is 5.29. The molecule has 0 saturated heterocycles. The Morgan fingerprint density at radius 2 is 1.52 bits per heavy atom. The van der Waals surface area contributed by atoms with Crippen molar-refractivity contribution >= 4 is 23.6 Å². The third kappa shape index (κ3) is 6.67. The van der Waals surface area contributed by atoms with Crippen molar-refractivity contribution in [1.29, 1.82) is 0 Å². The minimum absolute atomic E-state index is 0.208. The van der Waals surface area contributed by atoms with Crippen LogP contribution in [-0.2, 0) is 4.79 Å². The van der Waals surface area contributed by atoms with Crippen molar-refractivity contribution < 1.29 is 14.3 Å². The second kappa shape index (κ2) is 10.1. The van der Waals surface area contributed by atoms with E-state index in [-0.39, 0.29) is 5.97 Å². The van der Waals surface area contributed by atoms with Crippen LogP contribution in [0.3, 0.4) is 0 Å². The van der Waals surface area contributed by atoms with Crippen molar-refractivity contribution in [2.75, 3.05) is 0 Å². The summed E-state index contributed by atoms with van der Waals surface area (Å²) >= 11 is 0. The lowest BCUT2D eigenvalue weighted by Gasteiger charge is -2.04. The minimum Gasteiger partial charge on any atom is -0.427 e. The summed E-state index contributed by atoms with van der Waals surface area (Å²) in [5.74, 6) is 0.301. The molecule has 0 aromatic heterocycles. The molecule has 0 atom stereocenters. The molecule has 0 spiro atoms. The Balaban J connectivity index is 1.85. The lowest BCUT2D eigenvalue weighted by molar-refractivity contribution is -0.134. The first kappa shape index (κ1) is 18.5. The van der Waals surface area contributed by atoms with E-state index < -0.39 is 0 Å². The Hall–Kier alpha value is -2.82. The molecule has 0 unspecified atom stereocenters. The molecule has 25 heavy (non-hydrogen) atoms. The minimum atomic E-state index is -0.208. The van der Waals surface area contributed by atoms with Crippen LogP contribution in [0.1, 0.15) is 49.4 Å². The first-order valence-corrected chi connectivity index (χ1v) is 8.49. The molecular weight excluding hydrogens is 316 g/mol. The van der Waals surface area contributed by atoms with Crippen LogP contribution >= 0.6 is 0 Å². The molecule has 0 N–H and O–H groups in total. The summed E-state index contributed by atoms with van der Waals surface area (Å²) in [4.78, 5) is 22.3. The van der Waals surface area contributed by atoms with Crippen LogP contribution in [0.15, 0.2) is 58.8 Å². The van der Waals surface area contributed by atoms with E-state index in [1.54, 1.807) is 48.5 Å². The monoisotopic (exact) mass is 338 g/mol. The van der Waals surface area contributed by atoms with Crippen molar-refractivity contribution in [2.24, 2.45) is 10.2 Å². The zero-order valence-corrected chi connectivity index (χ0v) is 14.4. The zero-order chi connectivity index (χ0) is 17.9. The lowest BCUT2D eigenvalue weighted by Crippen LogP contribution is -2.07. The highest BCUT2D eigenvalue weighted by Gasteiger charge is 2.04. The van der Waals surface area contributed by atoms with E-state index >= 15 is 0 Å². The van der Waals surface area contributed by atoms with Crippen LogP contribution in [0.2, 0.25) is 0 Å². The zero-order valence-electron chi connectivity index (χ0n) is 14.4. The molecule has 0 saturated carbocycles. The van der Waals surface area contributed by atoms with Crippen LogP contribution in [0, 0.1) is 0 Å². The first-order chi connectivity index (χ1) is 12.2. The summed E-state index contributed by atoms with van der Waals surface area (Å²) in [6.07, 6.45) is 5.43. The van der Waals surface area contributed by atoms with Gasteiger partial charge < -0.3 is 4.74 Å². The maximum absolute atomic E-state index is 11.7. The van der Waals surface area contributed by atoms with Gasteiger partial charge in [-0.3, -0.25) is 9.59 Å². The standard InChI is InChI=1S/C20H22N2O3/c1-2-3-4-5-6-20(24)25-19-13-11-18(12-14-19)22-21-17-9-7-16(15-23)8-10-17/h7-15H,2-6H2,1H3. The molecule has 0 aliphatic carbocycles. The number of nitrogens with zero attached hydrogens (tertiary/aromatic N) is 2. The van der Waals surface area contributed by atoms with E-state index in [0.717, 1.165) is 32.0 Å². The van der Waals surface area contributed by atoms with Gasteiger partial charge in [-0.15, -0.1) is 0 Å². The average Bonchev–Trinajstić information content (AvgIpc) is 2.65. The quantitative estimate of drug-likeness (QED) is 0.191. The van der Waals surface area contributed by atoms with E-state index in [0.29, 0.717) is 29.1 Å². The average molecular weight is 338 g/mol. The van der Waals surface area contributed by atoms with E-state index in [2.05, 4.69) is 17.2 Å². The van der Waals surface area contributed by atoms with Gasteiger partial charge in [-0.1, -0.05) is 26.2 Å². The fraction of sp³-hybridized carbons (Fsp3) is 0.300. The Kier molecular flexibility index (Phi) is 7.50. The van der Waals surface area contributed by atoms with Gasteiger partial charge in [0.2, 0.25) is 0 Å². The summed E-state index contributed by atoms with van der Waals surface area (Å²) in [6, 6.07) is 13.7. The molecule has 0 aliphatic heterocycles. The number of rotatable bonds is 9. The van der Waals surface area contributed by atoms with Gasteiger partial charge >= 0.3 is 5.97 Å². The predicted molar refractivity (Wildman–Crippen MR) is 96.8 cm³/mol. The van der Waals surface area contributed by atoms with Crippen molar-refractivity contribution in [1.82, 2.24) is 0 Å². The molecular formula is C20H22N2O3. The Morgan fingerprint density at radius 3 is 2.08 bits per heavy atom. The van der Waals surface area contributed by atoms with Crippen molar-refractivity contribution in [2.45, 2.75) is 39.0 Å². The maximum atomic E-state index is 11.7. The van der Waals surface area contributed by atoms with Gasteiger partial charge in [0.15, 0.2) is 0 Å². The second-order valence-corrected chi connectivity index (χ2v) is 5.69. The third-order valence-corrected chi connectivity index (χ3v) is 3.61. The highest BCUT2D eigenvalue weighted by Crippen LogP contribution is 2.22. The molecule has 0 bridgehead atoms. The van der Waals surface area contributed by atoms with Crippen molar-refractivity contribution in [3.63, 3.8) is 0 Å². The number of carbonyl (C=O) groups is 2. The number of azo groups is 1. The van der Waals surface area contributed by atoms with Crippen molar-refractivity contribution in [3.05, 3.63) is 54.1 Å². The fourth-order valence-corrected chi connectivity index (χ4v) is 2.19. The summed E-state index contributed by atoms with van der Waals surface area (Å²) in [6.45, 7) is 2.14. The normalized spacial score (nSPS) is 10.8. The second-order valence-electron chi connectivity index (χ2n) is 5.69. The molecule has 5 nitrogen and oxygen atoms in total. The summed E-state index contributed by atoms with van der Waals surface area (Å²) in [7, 11) is 0. The molecule has 2 rings (SSSR count). The third-order valence-electron chi connectivity index (χ3n) is 3.61. The van der Waals surface area contributed by atoms with E-state index in [4.69, 9.17) is 4.74 Å². The summed E-state index contributed by atoms with van der Waals surface area (Å²) in [5, 5.41) is 8.22. The topological polar surface area (TPSA) is 68.1 Å². The Morgan fingerprint density at radius 1 is 0.920 bits per heavy atom. The Labute approximate surface area is 147 Å².